The van der Waals surface area contributed by atoms with Crippen LogP contribution in [0.25, 0.3) is 0 Å². The van der Waals surface area contributed by atoms with E-state index in [1.165, 1.54) is 12.1 Å². The van der Waals surface area contributed by atoms with Gasteiger partial charge in [-0.3, -0.25) is 0 Å². The van der Waals surface area contributed by atoms with Crippen molar-refractivity contribution in [2.75, 3.05) is 7.11 Å². The van der Waals surface area contributed by atoms with Gasteiger partial charge in [-0.15, -0.1) is 0 Å². The summed E-state index contributed by atoms with van der Waals surface area (Å²) in [5.74, 6) is 0.424. The van der Waals surface area contributed by atoms with Gasteiger partial charge in [0.2, 0.25) is 0 Å². The Bertz CT molecular complexity index is 613. The summed E-state index contributed by atoms with van der Waals surface area (Å²) in [6.45, 7) is 2.26. The average molecular weight is 310 g/mol. The molecule has 2 N–H and O–H groups in total. The SMILES string of the molecule is COc1ccc(F)cc1C(C)NCc1c(O)cccc1Cl. The standard InChI is InChI=1S/C16H17ClFNO2/c1-10(12-8-11(18)6-7-16(12)21-2)19-9-13-14(17)4-3-5-15(13)20/h3-8,10,19-20H,9H2,1-2H3. The van der Waals surface area contributed by atoms with Crippen molar-refractivity contribution in [2.45, 2.75) is 19.5 Å². The summed E-state index contributed by atoms with van der Waals surface area (Å²) in [6, 6.07) is 9.20. The second-order valence-corrected chi connectivity index (χ2v) is 5.13. The summed E-state index contributed by atoms with van der Waals surface area (Å²) in [5, 5.41) is 13.5. The summed E-state index contributed by atoms with van der Waals surface area (Å²) in [6.07, 6.45) is 0. The van der Waals surface area contributed by atoms with E-state index in [9.17, 15) is 9.50 Å². The minimum atomic E-state index is -0.319. The van der Waals surface area contributed by atoms with Gasteiger partial charge in [-0.05, 0) is 37.3 Å². The normalized spacial score (nSPS) is 12.2. The van der Waals surface area contributed by atoms with E-state index in [0.717, 1.165) is 0 Å². The quantitative estimate of drug-likeness (QED) is 0.875. The fourth-order valence-electron chi connectivity index (χ4n) is 2.13. The lowest BCUT2D eigenvalue weighted by atomic mass is 10.1. The maximum Gasteiger partial charge on any atom is 0.123 e. The highest BCUT2D eigenvalue weighted by Gasteiger charge is 2.14. The van der Waals surface area contributed by atoms with Gasteiger partial charge in [-0.2, -0.15) is 0 Å². The monoisotopic (exact) mass is 309 g/mol. The Labute approximate surface area is 128 Å². The number of rotatable bonds is 5. The first-order chi connectivity index (χ1) is 10.0. The Hall–Kier alpha value is -1.78. The average Bonchev–Trinajstić information content (AvgIpc) is 2.46. The van der Waals surface area contributed by atoms with Crippen LogP contribution >= 0.6 is 11.6 Å². The van der Waals surface area contributed by atoms with Gasteiger partial charge in [-0.25, -0.2) is 4.39 Å². The lowest BCUT2D eigenvalue weighted by Crippen LogP contribution is -2.19. The number of halogens is 2. The molecular weight excluding hydrogens is 293 g/mol. The largest absolute Gasteiger partial charge is 0.508 e. The van der Waals surface area contributed by atoms with Gasteiger partial charge < -0.3 is 15.2 Å². The van der Waals surface area contributed by atoms with Crippen LogP contribution in [-0.2, 0) is 6.54 Å². The summed E-state index contributed by atoms with van der Waals surface area (Å²) >= 11 is 6.06. The molecule has 3 nitrogen and oxygen atoms in total. The van der Waals surface area contributed by atoms with Gasteiger partial charge in [0, 0.05) is 28.7 Å². The van der Waals surface area contributed by atoms with Crippen LogP contribution in [0.1, 0.15) is 24.1 Å². The van der Waals surface area contributed by atoms with Gasteiger partial charge in [0.25, 0.3) is 0 Å². The zero-order valence-electron chi connectivity index (χ0n) is 11.9. The topological polar surface area (TPSA) is 41.5 Å². The van der Waals surface area contributed by atoms with Crippen LogP contribution in [0.4, 0.5) is 4.39 Å². The predicted octanol–water partition coefficient (Wildman–Crippen LogP) is 4.04. The molecule has 0 heterocycles. The number of benzene rings is 2. The zero-order valence-corrected chi connectivity index (χ0v) is 12.6. The van der Waals surface area contributed by atoms with Crippen LogP contribution in [-0.4, -0.2) is 12.2 Å². The third-order valence-electron chi connectivity index (χ3n) is 3.34. The first-order valence-electron chi connectivity index (χ1n) is 6.56. The Morgan fingerprint density at radius 2 is 2.10 bits per heavy atom. The van der Waals surface area contributed by atoms with Gasteiger partial charge in [0.15, 0.2) is 0 Å². The van der Waals surface area contributed by atoms with Crippen LogP contribution in [0.15, 0.2) is 36.4 Å². The van der Waals surface area contributed by atoms with Crippen molar-refractivity contribution in [2.24, 2.45) is 0 Å². The molecule has 0 saturated heterocycles. The van der Waals surface area contributed by atoms with Gasteiger partial charge >= 0.3 is 0 Å². The second kappa shape index (κ2) is 6.78. The molecule has 0 fully saturated rings. The van der Waals surface area contributed by atoms with E-state index in [4.69, 9.17) is 16.3 Å². The molecule has 1 unspecified atom stereocenters. The van der Waals surface area contributed by atoms with Gasteiger partial charge in [0.05, 0.1) is 7.11 Å². The Morgan fingerprint density at radius 1 is 1.33 bits per heavy atom. The fraction of sp³-hybridized carbons (Fsp3) is 0.250. The second-order valence-electron chi connectivity index (χ2n) is 4.73. The molecule has 112 valence electrons. The van der Waals surface area contributed by atoms with E-state index in [2.05, 4.69) is 5.32 Å². The Kier molecular flexibility index (Phi) is 5.04. The molecule has 0 aliphatic carbocycles. The molecule has 0 bridgehead atoms. The Morgan fingerprint density at radius 3 is 2.76 bits per heavy atom. The van der Waals surface area contributed by atoms with Crippen LogP contribution in [0.3, 0.4) is 0 Å². The number of hydrogen-bond acceptors (Lipinski definition) is 3. The van der Waals surface area contributed by atoms with E-state index in [1.54, 1.807) is 31.4 Å². The van der Waals surface area contributed by atoms with Crippen molar-refractivity contribution in [1.82, 2.24) is 5.32 Å². The molecule has 0 radical (unpaired) electrons. The predicted molar refractivity (Wildman–Crippen MR) is 81.3 cm³/mol. The van der Waals surface area contributed by atoms with Crippen LogP contribution in [0.5, 0.6) is 11.5 Å². The number of hydrogen-bond donors (Lipinski definition) is 2. The number of phenolic OH excluding ortho intramolecular Hbond substituents is 1. The maximum absolute atomic E-state index is 13.4. The highest BCUT2D eigenvalue weighted by atomic mass is 35.5. The van der Waals surface area contributed by atoms with E-state index >= 15 is 0 Å². The molecule has 21 heavy (non-hydrogen) atoms. The fourth-order valence-corrected chi connectivity index (χ4v) is 2.37. The molecule has 0 amide bonds. The molecule has 0 aromatic heterocycles. The molecule has 0 aliphatic rings. The van der Waals surface area contributed by atoms with Crippen molar-refractivity contribution >= 4 is 11.6 Å². The van der Waals surface area contributed by atoms with Gasteiger partial charge in [-0.1, -0.05) is 17.7 Å². The first-order valence-corrected chi connectivity index (χ1v) is 6.94. The van der Waals surface area contributed by atoms with E-state index in [1.807, 2.05) is 6.92 Å². The molecule has 0 aliphatic heterocycles. The third kappa shape index (κ3) is 3.65. The van der Waals surface area contributed by atoms with Crippen molar-refractivity contribution in [3.63, 3.8) is 0 Å². The summed E-state index contributed by atoms with van der Waals surface area (Å²) in [5.41, 5.74) is 1.32. The number of nitrogens with one attached hydrogen (secondary N) is 1. The zero-order chi connectivity index (χ0) is 15.4. The summed E-state index contributed by atoms with van der Waals surface area (Å²) < 4.78 is 18.6. The smallest absolute Gasteiger partial charge is 0.123 e. The van der Waals surface area contributed by atoms with Crippen LogP contribution < -0.4 is 10.1 Å². The molecule has 1 atom stereocenters. The number of phenols is 1. The minimum Gasteiger partial charge on any atom is -0.508 e. The summed E-state index contributed by atoms with van der Waals surface area (Å²) in [4.78, 5) is 0. The first kappa shape index (κ1) is 15.6. The number of aromatic hydroxyl groups is 1. The highest BCUT2D eigenvalue weighted by Crippen LogP contribution is 2.28. The van der Waals surface area contributed by atoms with Crippen LogP contribution in [0, 0.1) is 5.82 Å². The molecule has 5 heteroatoms. The van der Waals surface area contributed by atoms with Crippen molar-refractivity contribution in [3.05, 3.63) is 58.4 Å². The highest BCUT2D eigenvalue weighted by molar-refractivity contribution is 6.31. The summed E-state index contributed by atoms with van der Waals surface area (Å²) in [7, 11) is 1.54. The molecule has 2 rings (SSSR count). The molecular formula is C16H17ClFNO2. The van der Waals surface area contributed by atoms with E-state index in [0.29, 0.717) is 28.4 Å². The van der Waals surface area contributed by atoms with Crippen molar-refractivity contribution in [1.29, 1.82) is 0 Å². The minimum absolute atomic E-state index is 0.133. The van der Waals surface area contributed by atoms with Crippen LogP contribution in [0.2, 0.25) is 5.02 Å². The maximum atomic E-state index is 13.4. The van der Waals surface area contributed by atoms with Crippen molar-refractivity contribution in [3.8, 4) is 11.5 Å². The molecule has 0 saturated carbocycles. The third-order valence-corrected chi connectivity index (χ3v) is 3.69. The van der Waals surface area contributed by atoms with Gasteiger partial charge in [0.1, 0.15) is 17.3 Å². The number of methoxy groups -OCH3 is 1. The van der Waals surface area contributed by atoms with E-state index in [-0.39, 0.29) is 17.6 Å². The Balaban J connectivity index is 2.15. The lowest BCUT2D eigenvalue weighted by Gasteiger charge is -2.18. The molecule has 0 spiro atoms. The number of ether oxygens (including phenoxy) is 1. The molecule has 2 aromatic rings. The van der Waals surface area contributed by atoms with E-state index < -0.39 is 0 Å². The lowest BCUT2D eigenvalue weighted by molar-refractivity contribution is 0.399. The molecule has 2 aromatic carbocycles. The van der Waals surface area contributed by atoms with Crippen molar-refractivity contribution < 1.29 is 14.2 Å².